The van der Waals surface area contributed by atoms with Gasteiger partial charge in [-0.15, -0.1) is 0 Å². The number of nitrogens with zero attached hydrogens (tertiary/aromatic N) is 1. The molecule has 1 aromatic heterocycles. The van der Waals surface area contributed by atoms with Crippen molar-refractivity contribution in [1.29, 1.82) is 5.26 Å². The van der Waals surface area contributed by atoms with E-state index in [4.69, 9.17) is 0 Å². The maximum atomic E-state index is 9.45. The molecule has 0 aliphatic carbocycles. The van der Waals surface area contributed by atoms with Gasteiger partial charge in [0.25, 0.3) is 0 Å². The Balaban J connectivity index is 2.16. The average Bonchev–Trinajstić information content (AvgIpc) is 2.85. The van der Waals surface area contributed by atoms with Crippen molar-refractivity contribution in [3.8, 4) is 6.07 Å². The van der Waals surface area contributed by atoms with Gasteiger partial charge in [-0.05, 0) is 17.2 Å². The summed E-state index contributed by atoms with van der Waals surface area (Å²) in [7, 11) is 0. The first kappa shape index (κ1) is 10.6. The summed E-state index contributed by atoms with van der Waals surface area (Å²) < 4.78 is 0. The van der Waals surface area contributed by atoms with E-state index >= 15 is 0 Å². The molecule has 86 valence electrons. The van der Waals surface area contributed by atoms with E-state index in [-0.39, 0.29) is 5.92 Å². The van der Waals surface area contributed by atoms with Gasteiger partial charge in [-0.25, -0.2) is 0 Å². The van der Waals surface area contributed by atoms with E-state index in [0.29, 0.717) is 0 Å². The molecular weight excluding hydrogens is 220 g/mol. The van der Waals surface area contributed by atoms with E-state index in [1.54, 1.807) is 0 Å². The average molecular weight is 232 g/mol. The number of rotatable bonds is 2. The zero-order chi connectivity index (χ0) is 12.4. The second kappa shape index (κ2) is 4.38. The first-order valence-electron chi connectivity index (χ1n) is 5.91. The van der Waals surface area contributed by atoms with Gasteiger partial charge in [-0.2, -0.15) is 5.26 Å². The van der Waals surface area contributed by atoms with Crippen molar-refractivity contribution < 1.29 is 0 Å². The van der Waals surface area contributed by atoms with Crippen LogP contribution in [0.2, 0.25) is 0 Å². The lowest BCUT2D eigenvalue weighted by Gasteiger charge is -2.08. The smallest absolute Gasteiger partial charge is 0.0983 e. The van der Waals surface area contributed by atoms with Crippen molar-refractivity contribution in [2.45, 2.75) is 5.92 Å². The Kier molecular flexibility index (Phi) is 2.59. The molecule has 1 unspecified atom stereocenters. The monoisotopic (exact) mass is 232 g/mol. The standard InChI is InChI=1S/C16H12N2/c17-10-14(12-6-2-1-3-7-12)15-11-18-16-9-5-4-8-13(15)16/h1-9,11,14,18H. The number of aromatic amines is 1. The van der Waals surface area contributed by atoms with Crippen molar-refractivity contribution in [3.63, 3.8) is 0 Å². The Hall–Kier alpha value is -2.53. The minimum Gasteiger partial charge on any atom is -0.361 e. The highest BCUT2D eigenvalue weighted by molar-refractivity contribution is 5.84. The van der Waals surface area contributed by atoms with Crippen molar-refractivity contribution >= 4 is 10.9 Å². The van der Waals surface area contributed by atoms with E-state index in [1.807, 2.05) is 54.7 Å². The Morgan fingerprint density at radius 2 is 1.67 bits per heavy atom. The van der Waals surface area contributed by atoms with Crippen LogP contribution in [-0.2, 0) is 0 Å². The Morgan fingerprint density at radius 1 is 0.944 bits per heavy atom. The summed E-state index contributed by atoms with van der Waals surface area (Å²) in [5.74, 6) is -0.220. The zero-order valence-corrected chi connectivity index (χ0v) is 9.80. The minimum atomic E-state index is -0.220. The quantitative estimate of drug-likeness (QED) is 0.716. The molecule has 2 nitrogen and oxygen atoms in total. The van der Waals surface area contributed by atoms with Gasteiger partial charge in [0.1, 0.15) is 0 Å². The molecule has 18 heavy (non-hydrogen) atoms. The fourth-order valence-electron chi connectivity index (χ4n) is 2.30. The summed E-state index contributed by atoms with van der Waals surface area (Å²) in [5.41, 5.74) is 3.15. The van der Waals surface area contributed by atoms with Crippen LogP contribution in [0.25, 0.3) is 10.9 Å². The van der Waals surface area contributed by atoms with Gasteiger partial charge < -0.3 is 4.98 Å². The molecule has 1 N–H and O–H groups in total. The van der Waals surface area contributed by atoms with Gasteiger partial charge in [0.05, 0.1) is 12.0 Å². The molecule has 0 aliphatic heterocycles. The Labute approximate surface area is 106 Å². The lowest BCUT2D eigenvalue weighted by Crippen LogP contribution is -1.96. The SMILES string of the molecule is N#CC(c1ccccc1)c1c[nH]c2ccccc12. The molecule has 1 heterocycles. The Morgan fingerprint density at radius 3 is 2.44 bits per heavy atom. The summed E-state index contributed by atoms with van der Waals surface area (Å²) in [4.78, 5) is 3.22. The molecule has 2 aromatic carbocycles. The second-order valence-electron chi connectivity index (χ2n) is 4.26. The topological polar surface area (TPSA) is 39.6 Å². The third-order valence-electron chi connectivity index (χ3n) is 3.19. The van der Waals surface area contributed by atoms with Crippen LogP contribution >= 0.6 is 0 Å². The number of hydrogen-bond acceptors (Lipinski definition) is 1. The van der Waals surface area contributed by atoms with Gasteiger partial charge in [-0.1, -0.05) is 48.5 Å². The summed E-state index contributed by atoms with van der Waals surface area (Å²) in [6, 6.07) is 20.4. The van der Waals surface area contributed by atoms with Crippen molar-refractivity contribution in [1.82, 2.24) is 4.98 Å². The third-order valence-corrected chi connectivity index (χ3v) is 3.19. The molecule has 0 fully saturated rings. The lowest BCUT2D eigenvalue weighted by atomic mass is 9.92. The number of aromatic nitrogens is 1. The largest absolute Gasteiger partial charge is 0.361 e. The van der Waals surface area contributed by atoms with E-state index in [9.17, 15) is 5.26 Å². The summed E-state index contributed by atoms with van der Waals surface area (Å²) in [5, 5.41) is 10.6. The van der Waals surface area contributed by atoms with Gasteiger partial charge in [-0.3, -0.25) is 0 Å². The van der Waals surface area contributed by atoms with Crippen LogP contribution in [-0.4, -0.2) is 4.98 Å². The number of fused-ring (bicyclic) bond motifs is 1. The van der Waals surface area contributed by atoms with E-state index in [1.165, 1.54) is 0 Å². The van der Waals surface area contributed by atoms with Crippen LogP contribution in [0.15, 0.2) is 60.8 Å². The number of para-hydroxylation sites is 1. The number of hydrogen-bond donors (Lipinski definition) is 1. The second-order valence-corrected chi connectivity index (χ2v) is 4.26. The molecule has 0 saturated heterocycles. The summed E-state index contributed by atoms with van der Waals surface area (Å²) in [6.45, 7) is 0. The molecule has 1 atom stereocenters. The number of benzene rings is 2. The fraction of sp³-hybridized carbons (Fsp3) is 0.0625. The van der Waals surface area contributed by atoms with Crippen molar-refractivity contribution in [2.24, 2.45) is 0 Å². The first-order chi connectivity index (χ1) is 8.90. The first-order valence-corrected chi connectivity index (χ1v) is 5.91. The maximum absolute atomic E-state index is 9.45. The molecule has 3 aromatic rings. The zero-order valence-electron chi connectivity index (χ0n) is 9.80. The minimum absolute atomic E-state index is 0.220. The van der Waals surface area contributed by atoms with E-state index in [0.717, 1.165) is 22.0 Å². The number of H-pyrrole nitrogens is 1. The van der Waals surface area contributed by atoms with Crippen LogP contribution in [0.1, 0.15) is 17.0 Å². The highest BCUT2D eigenvalue weighted by Gasteiger charge is 2.16. The van der Waals surface area contributed by atoms with Gasteiger partial charge in [0, 0.05) is 17.1 Å². The molecule has 0 radical (unpaired) electrons. The van der Waals surface area contributed by atoms with Crippen LogP contribution in [0, 0.1) is 11.3 Å². The van der Waals surface area contributed by atoms with Gasteiger partial charge in [0.15, 0.2) is 0 Å². The van der Waals surface area contributed by atoms with Crippen molar-refractivity contribution in [3.05, 3.63) is 71.9 Å². The molecule has 0 saturated carbocycles. The normalized spacial score (nSPS) is 12.2. The van der Waals surface area contributed by atoms with Crippen molar-refractivity contribution in [2.75, 3.05) is 0 Å². The molecule has 0 bridgehead atoms. The predicted molar refractivity (Wildman–Crippen MR) is 72.2 cm³/mol. The molecule has 3 rings (SSSR count). The maximum Gasteiger partial charge on any atom is 0.0983 e. The Bertz CT molecular complexity index is 705. The van der Waals surface area contributed by atoms with Gasteiger partial charge in [0.2, 0.25) is 0 Å². The molecule has 0 spiro atoms. The van der Waals surface area contributed by atoms with E-state index < -0.39 is 0 Å². The molecule has 0 aliphatic rings. The van der Waals surface area contributed by atoms with Crippen LogP contribution < -0.4 is 0 Å². The van der Waals surface area contributed by atoms with E-state index in [2.05, 4.69) is 17.1 Å². The summed E-state index contributed by atoms with van der Waals surface area (Å²) >= 11 is 0. The fourth-order valence-corrected chi connectivity index (χ4v) is 2.30. The summed E-state index contributed by atoms with van der Waals surface area (Å²) in [6.07, 6.45) is 1.94. The highest BCUT2D eigenvalue weighted by Crippen LogP contribution is 2.29. The van der Waals surface area contributed by atoms with Crippen LogP contribution in [0.5, 0.6) is 0 Å². The van der Waals surface area contributed by atoms with Crippen LogP contribution in [0.4, 0.5) is 0 Å². The van der Waals surface area contributed by atoms with Crippen LogP contribution in [0.3, 0.4) is 0 Å². The number of nitriles is 1. The van der Waals surface area contributed by atoms with Gasteiger partial charge >= 0.3 is 0 Å². The predicted octanol–water partition coefficient (Wildman–Crippen LogP) is 3.82. The molecule has 2 heteroatoms. The molecular formula is C16H12N2. The lowest BCUT2D eigenvalue weighted by molar-refractivity contribution is 1.05. The number of nitrogens with one attached hydrogen (secondary N) is 1. The third kappa shape index (κ3) is 1.66. The molecule has 0 amide bonds. The highest BCUT2D eigenvalue weighted by atomic mass is 14.7.